The van der Waals surface area contributed by atoms with Crippen molar-refractivity contribution in [1.82, 2.24) is 5.43 Å². The number of benzene rings is 2. The molecule has 0 aromatic heterocycles. The number of carbonyl (C=O) groups excluding carboxylic acids is 1. The van der Waals surface area contributed by atoms with Crippen LogP contribution < -0.4 is 14.9 Å². The molecule has 5 nitrogen and oxygen atoms in total. The highest BCUT2D eigenvalue weighted by atomic mass is 35.5. The SMILES string of the molecule is C/C(=N/NC(=O)COc1ccc(Cl)cc1)c1ccc(OC(F)F)cc1. The van der Waals surface area contributed by atoms with Gasteiger partial charge < -0.3 is 9.47 Å². The molecule has 0 atom stereocenters. The molecule has 25 heavy (non-hydrogen) atoms. The first kappa shape index (κ1) is 18.7. The lowest BCUT2D eigenvalue weighted by atomic mass is 10.1. The van der Waals surface area contributed by atoms with Gasteiger partial charge in [-0.15, -0.1) is 0 Å². The number of hydrogen-bond acceptors (Lipinski definition) is 4. The zero-order chi connectivity index (χ0) is 18.2. The highest BCUT2D eigenvalue weighted by molar-refractivity contribution is 6.30. The maximum absolute atomic E-state index is 12.1. The summed E-state index contributed by atoms with van der Waals surface area (Å²) in [5, 5.41) is 4.51. The number of nitrogens with zero attached hydrogens (tertiary/aromatic N) is 1. The van der Waals surface area contributed by atoms with Crippen molar-refractivity contribution in [1.29, 1.82) is 0 Å². The van der Waals surface area contributed by atoms with Crippen molar-refractivity contribution in [3.8, 4) is 11.5 Å². The largest absolute Gasteiger partial charge is 0.484 e. The molecule has 0 heterocycles. The first-order valence-electron chi connectivity index (χ1n) is 7.21. The van der Waals surface area contributed by atoms with Crippen LogP contribution in [-0.4, -0.2) is 24.8 Å². The van der Waals surface area contributed by atoms with E-state index < -0.39 is 12.5 Å². The van der Waals surface area contributed by atoms with Crippen LogP contribution in [0.3, 0.4) is 0 Å². The second-order valence-corrected chi connectivity index (χ2v) is 5.31. The zero-order valence-electron chi connectivity index (χ0n) is 13.2. The predicted molar refractivity (Wildman–Crippen MR) is 90.4 cm³/mol. The van der Waals surface area contributed by atoms with E-state index >= 15 is 0 Å². The summed E-state index contributed by atoms with van der Waals surface area (Å²) >= 11 is 5.75. The van der Waals surface area contributed by atoms with Gasteiger partial charge in [0.05, 0.1) is 5.71 Å². The number of amides is 1. The van der Waals surface area contributed by atoms with Crippen LogP contribution in [0.4, 0.5) is 8.78 Å². The Morgan fingerprint density at radius 1 is 1.12 bits per heavy atom. The van der Waals surface area contributed by atoms with Crippen molar-refractivity contribution in [3.05, 3.63) is 59.1 Å². The molecule has 0 spiro atoms. The van der Waals surface area contributed by atoms with Crippen LogP contribution >= 0.6 is 11.6 Å². The van der Waals surface area contributed by atoms with E-state index in [2.05, 4.69) is 15.3 Å². The fourth-order valence-electron chi connectivity index (χ4n) is 1.80. The molecule has 0 fully saturated rings. The number of hydrogen-bond donors (Lipinski definition) is 1. The standard InChI is InChI=1S/C17H15ClF2N2O3/c1-11(12-2-6-15(7-3-12)25-17(19)20)21-22-16(23)10-24-14-8-4-13(18)5-9-14/h2-9,17H,10H2,1H3,(H,22,23)/b21-11-. The van der Waals surface area contributed by atoms with E-state index in [9.17, 15) is 13.6 Å². The number of alkyl halides is 2. The fraction of sp³-hybridized carbons (Fsp3) is 0.176. The van der Waals surface area contributed by atoms with Crippen molar-refractivity contribution >= 4 is 23.2 Å². The summed E-state index contributed by atoms with van der Waals surface area (Å²) in [6, 6.07) is 12.5. The molecule has 2 aromatic rings. The third kappa shape index (κ3) is 6.39. The topological polar surface area (TPSA) is 59.9 Å². The Balaban J connectivity index is 1.85. The van der Waals surface area contributed by atoms with Crippen LogP contribution in [0.1, 0.15) is 12.5 Å². The molecule has 132 valence electrons. The molecule has 2 rings (SSSR count). The lowest BCUT2D eigenvalue weighted by molar-refractivity contribution is -0.123. The monoisotopic (exact) mass is 368 g/mol. The van der Waals surface area contributed by atoms with E-state index in [4.69, 9.17) is 16.3 Å². The molecule has 0 saturated heterocycles. The van der Waals surface area contributed by atoms with Crippen molar-refractivity contribution < 1.29 is 23.0 Å². The van der Waals surface area contributed by atoms with Gasteiger partial charge in [0, 0.05) is 5.02 Å². The zero-order valence-corrected chi connectivity index (χ0v) is 14.0. The number of carbonyl (C=O) groups is 1. The third-order valence-corrected chi connectivity index (χ3v) is 3.28. The van der Waals surface area contributed by atoms with Crippen LogP contribution in [0, 0.1) is 0 Å². The van der Waals surface area contributed by atoms with Crippen molar-refractivity contribution in [3.63, 3.8) is 0 Å². The van der Waals surface area contributed by atoms with Gasteiger partial charge in [0.1, 0.15) is 11.5 Å². The molecule has 0 aliphatic carbocycles. The summed E-state index contributed by atoms with van der Waals surface area (Å²) in [6.45, 7) is -1.41. The molecule has 0 bridgehead atoms. The number of nitrogens with one attached hydrogen (secondary N) is 1. The van der Waals surface area contributed by atoms with Crippen LogP contribution in [0.15, 0.2) is 53.6 Å². The average molecular weight is 369 g/mol. The Kier molecular flexibility index (Phi) is 6.71. The molecule has 0 aliphatic rings. The third-order valence-electron chi connectivity index (χ3n) is 3.03. The van der Waals surface area contributed by atoms with E-state index in [-0.39, 0.29) is 12.4 Å². The van der Waals surface area contributed by atoms with Crippen LogP contribution in [0.25, 0.3) is 0 Å². The molecular weight excluding hydrogens is 354 g/mol. The van der Waals surface area contributed by atoms with E-state index in [1.165, 1.54) is 12.1 Å². The second-order valence-electron chi connectivity index (χ2n) is 4.88. The molecule has 0 saturated carbocycles. The van der Waals surface area contributed by atoms with Crippen molar-refractivity contribution in [2.24, 2.45) is 5.10 Å². The summed E-state index contributed by atoms with van der Waals surface area (Å²) in [5.74, 6) is 0.119. The van der Waals surface area contributed by atoms with Gasteiger partial charge in [-0.3, -0.25) is 4.79 Å². The molecule has 0 unspecified atom stereocenters. The minimum atomic E-state index is -2.87. The Bertz CT molecular complexity index is 735. The first-order chi connectivity index (χ1) is 11.9. The summed E-state index contributed by atoms with van der Waals surface area (Å²) < 4.78 is 33.7. The number of hydrazone groups is 1. The van der Waals surface area contributed by atoms with Gasteiger partial charge >= 0.3 is 6.61 Å². The second kappa shape index (κ2) is 8.98. The Morgan fingerprint density at radius 2 is 1.72 bits per heavy atom. The number of rotatable bonds is 7. The highest BCUT2D eigenvalue weighted by Crippen LogP contribution is 2.16. The van der Waals surface area contributed by atoms with E-state index in [1.54, 1.807) is 43.3 Å². The van der Waals surface area contributed by atoms with Gasteiger partial charge in [-0.2, -0.15) is 13.9 Å². The van der Waals surface area contributed by atoms with E-state index in [1.807, 2.05) is 0 Å². The Labute approximate surface area is 148 Å². The predicted octanol–water partition coefficient (Wildman–Crippen LogP) is 3.86. The lowest BCUT2D eigenvalue weighted by Crippen LogP contribution is -2.25. The van der Waals surface area contributed by atoms with Crippen molar-refractivity contribution in [2.75, 3.05) is 6.61 Å². The van der Waals surface area contributed by atoms with Gasteiger partial charge in [-0.05, 0) is 61.0 Å². The summed E-state index contributed by atoms with van der Waals surface area (Å²) in [6.07, 6.45) is 0. The maximum Gasteiger partial charge on any atom is 0.387 e. The Morgan fingerprint density at radius 3 is 2.32 bits per heavy atom. The molecule has 2 aromatic carbocycles. The Hall–Kier alpha value is -2.67. The van der Waals surface area contributed by atoms with E-state index in [0.717, 1.165) is 0 Å². The van der Waals surface area contributed by atoms with Gasteiger partial charge in [0.25, 0.3) is 5.91 Å². The average Bonchev–Trinajstić information content (AvgIpc) is 2.59. The molecule has 1 amide bonds. The number of halogens is 3. The first-order valence-corrected chi connectivity index (χ1v) is 7.58. The van der Waals surface area contributed by atoms with Gasteiger partial charge in [-0.1, -0.05) is 11.6 Å². The summed E-state index contributed by atoms with van der Waals surface area (Å²) in [5.41, 5.74) is 3.51. The summed E-state index contributed by atoms with van der Waals surface area (Å²) in [7, 11) is 0. The normalized spacial score (nSPS) is 11.3. The molecule has 1 N–H and O–H groups in total. The van der Waals surface area contributed by atoms with Gasteiger partial charge in [0.15, 0.2) is 6.61 Å². The molecule has 0 aliphatic heterocycles. The van der Waals surface area contributed by atoms with Gasteiger partial charge in [0.2, 0.25) is 0 Å². The minimum absolute atomic E-state index is 0.0481. The minimum Gasteiger partial charge on any atom is -0.484 e. The fourth-order valence-corrected chi connectivity index (χ4v) is 1.93. The van der Waals surface area contributed by atoms with Crippen molar-refractivity contribution in [2.45, 2.75) is 13.5 Å². The molecular formula is C17H15ClF2N2O3. The van der Waals surface area contributed by atoms with Crippen LogP contribution in [-0.2, 0) is 4.79 Å². The van der Waals surface area contributed by atoms with E-state index in [0.29, 0.717) is 22.0 Å². The number of ether oxygens (including phenoxy) is 2. The highest BCUT2D eigenvalue weighted by Gasteiger charge is 2.06. The quantitative estimate of drug-likeness (QED) is 0.596. The summed E-state index contributed by atoms with van der Waals surface area (Å²) in [4.78, 5) is 11.7. The van der Waals surface area contributed by atoms with Gasteiger partial charge in [-0.25, -0.2) is 5.43 Å². The lowest BCUT2D eigenvalue weighted by Gasteiger charge is -2.07. The molecule has 8 heteroatoms. The maximum atomic E-state index is 12.1. The smallest absolute Gasteiger partial charge is 0.387 e. The van der Waals surface area contributed by atoms with Crippen LogP contribution in [0.2, 0.25) is 5.02 Å². The molecule has 0 radical (unpaired) electrons. The van der Waals surface area contributed by atoms with Crippen LogP contribution in [0.5, 0.6) is 11.5 Å².